The first-order valence-corrected chi connectivity index (χ1v) is 10.4. The van der Waals surface area contributed by atoms with Gasteiger partial charge in [0.15, 0.2) is 5.84 Å². The second-order valence-electron chi connectivity index (χ2n) is 6.69. The highest BCUT2D eigenvalue weighted by molar-refractivity contribution is 8.24. The van der Waals surface area contributed by atoms with E-state index in [1.54, 1.807) is 18.2 Å². The maximum Gasteiger partial charge on any atom is 0.222 e. The molecule has 5 N–H and O–H groups in total. The van der Waals surface area contributed by atoms with Crippen LogP contribution in [0.4, 0.5) is 5.69 Å². The third-order valence-electron chi connectivity index (χ3n) is 4.56. The lowest BCUT2D eigenvalue weighted by molar-refractivity contribution is -0.133. The number of nitrogens with zero attached hydrogens (tertiary/aromatic N) is 2. The first-order valence-electron chi connectivity index (χ1n) is 8.85. The SMILES string of the molecule is CCCC(=O)N1CCCC(COc2cccc3c2C(N)=NS(O)(O)N3)C1. The number of amides is 1. The van der Waals surface area contributed by atoms with E-state index in [0.29, 0.717) is 36.6 Å². The van der Waals surface area contributed by atoms with Crippen LogP contribution in [0.5, 0.6) is 5.75 Å². The number of likely N-dealkylation sites (tertiary alicyclic amines) is 1. The molecular weight excluding hydrogens is 356 g/mol. The van der Waals surface area contributed by atoms with Crippen molar-refractivity contribution in [1.82, 2.24) is 4.90 Å². The summed E-state index contributed by atoms with van der Waals surface area (Å²) in [6, 6.07) is 5.24. The topological polar surface area (TPSA) is 120 Å². The molecule has 0 aromatic heterocycles. The Balaban J connectivity index is 1.67. The molecule has 0 saturated carbocycles. The third-order valence-corrected chi connectivity index (χ3v) is 5.51. The van der Waals surface area contributed by atoms with Crippen molar-refractivity contribution in [1.29, 1.82) is 0 Å². The number of carbonyl (C=O) groups is 1. The van der Waals surface area contributed by atoms with Gasteiger partial charge in [0.2, 0.25) is 5.91 Å². The van der Waals surface area contributed by atoms with E-state index in [1.807, 2.05) is 11.8 Å². The van der Waals surface area contributed by atoms with Gasteiger partial charge in [0, 0.05) is 25.4 Å². The molecule has 0 radical (unpaired) electrons. The summed E-state index contributed by atoms with van der Waals surface area (Å²) in [4.78, 5) is 14.0. The first kappa shape index (κ1) is 18.8. The molecule has 1 atom stereocenters. The number of fused-ring (bicyclic) bond motifs is 1. The number of ether oxygens (including phenoxy) is 1. The number of nitrogens with two attached hydrogens (primary N) is 1. The van der Waals surface area contributed by atoms with Crippen LogP contribution in [0.2, 0.25) is 0 Å². The monoisotopic (exact) mass is 382 g/mol. The third kappa shape index (κ3) is 4.22. The molecule has 0 aliphatic carbocycles. The molecular formula is C17H26N4O4S. The van der Waals surface area contributed by atoms with Crippen molar-refractivity contribution in [2.45, 2.75) is 32.6 Å². The lowest BCUT2D eigenvalue weighted by atomic mass is 9.98. The fourth-order valence-electron chi connectivity index (χ4n) is 3.36. The van der Waals surface area contributed by atoms with Gasteiger partial charge >= 0.3 is 0 Å². The lowest BCUT2D eigenvalue weighted by Gasteiger charge is -2.34. The number of carbonyl (C=O) groups excluding carboxylic acids is 1. The molecule has 0 bridgehead atoms. The molecule has 2 aliphatic rings. The Hall–Kier alpha value is -1.97. The summed E-state index contributed by atoms with van der Waals surface area (Å²) in [6.07, 6.45) is 3.43. The van der Waals surface area contributed by atoms with Crippen LogP contribution in [0.3, 0.4) is 0 Å². The zero-order valence-corrected chi connectivity index (χ0v) is 15.7. The zero-order valence-electron chi connectivity index (χ0n) is 14.9. The van der Waals surface area contributed by atoms with E-state index < -0.39 is 11.0 Å². The van der Waals surface area contributed by atoms with Gasteiger partial charge in [-0.1, -0.05) is 13.0 Å². The highest BCUT2D eigenvalue weighted by atomic mass is 32.3. The summed E-state index contributed by atoms with van der Waals surface area (Å²) >= 11 is 0. The van der Waals surface area contributed by atoms with E-state index >= 15 is 0 Å². The predicted octanol–water partition coefficient (Wildman–Crippen LogP) is 2.82. The summed E-state index contributed by atoms with van der Waals surface area (Å²) < 4.78 is 31.7. The van der Waals surface area contributed by atoms with Crippen LogP contribution in [0.1, 0.15) is 38.2 Å². The molecule has 1 saturated heterocycles. The molecule has 1 aromatic carbocycles. The van der Waals surface area contributed by atoms with E-state index in [0.717, 1.165) is 25.8 Å². The number of rotatable bonds is 5. The van der Waals surface area contributed by atoms with Crippen LogP contribution < -0.4 is 15.2 Å². The molecule has 9 heteroatoms. The van der Waals surface area contributed by atoms with Crippen LogP contribution in [0.25, 0.3) is 0 Å². The maximum absolute atomic E-state index is 12.1. The van der Waals surface area contributed by atoms with Crippen molar-refractivity contribution in [2.75, 3.05) is 24.4 Å². The van der Waals surface area contributed by atoms with E-state index in [4.69, 9.17) is 10.5 Å². The van der Waals surface area contributed by atoms with Gasteiger partial charge in [-0.05, 0) is 42.4 Å². The van der Waals surface area contributed by atoms with E-state index in [9.17, 15) is 13.9 Å². The quantitative estimate of drug-likeness (QED) is 0.621. The molecule has 1 unspecified atom stereocenters. The molecule has 1 amide bonds. The summed E-state index contributed by atoms with van der Waals surface area (Å²) in [5.74, 6) is 1.05. The zero-order chi connectivity index (χ0) is 18.7. The summed E-state index contributed by atoms with van der Waals surface area (Å²) in [5, 5.41) is 0. The van der Waals surface area contributed by atoms with Gasteiger partial charge in [-0.2, -0.15) is 0 Å². The first-order chi connectivity index (χ1) is 12.4. The Morgan fingerprint density at radius 1 is 1.50 bits per heavy atom. The van der Waals surface area contributed by atoms with Crippen LogP contribution in [0.15, 0.2) is 22.6 Å². The summed E-state index contributed by atoms with van der Waals surface area (Å²) in [5.41, 5.74) is 6.92. The van der Waals surface area contributed by atoms with Gasteiger partial charge < -0.3 is 15.4 Å². The van der Waals surface area contributed by atoms with Crippen LogP contribution in [-0.2, 0) is 4.79 Å². The number of hydrogen-bond donors (Lipinski definition) is 4. The average Bonchev–Trinajstić information content (AvgIpc) is 2.59. The van der Waals surface area contributed by atoms with Gasteiger partial charge in [0.25, 0.3) is 0 Å². The minimum atomic E-state index is -3.31. The maximum atomic E-state index is 12.1. The molecule has 3 rings (SSSR count). The number of benzene rings is 1. The second-order valence-corrected chi connectivity index (χ2v) is 8.11. The van der Waals surface area contributed by atoms with Gasteiger partial charge in [-0.25, -0.2) is 0 Å². The average molecular weight is 382 g/mol. The van der Waals surface area contributed by atoms with Gasteiger partial charge in [0.05, 0.1) is 17.9 Å². The number of amidine groups is 1. The minimum absolute atomic E-state index is 0.0396. The van der Waals surface area contributed by atoms with Crippen LogP contribution >= 0.6 is 11.0 Å². The van der Waals surface area contributed by atoms with Crippen molar-refractivity contribution >= 4 is 28.4 Å². The highest BCUT2D eigenvalue weighted by Crippen LogP contribution is 2.46. The van der Waals surface area contributed by atoms with E-state index in [2.05, 4.69) is 9.12 Å². The van der Waals surface area contributed by atoms with Crippen molar-refractivity contribution in [3.8, 4) is 5.75 Å². The van der Waals surface area contributed by atoms with Crippen molar-refractivity contribution in [2.24, 2.45) is 16.0 Å². The smallest absolute Gasteiger partial charge is 0.222 e. The molecule has 0 spiro atoms. The van der Waals surface area contributed by atoms with Gasteiger partial charge in [-0.15, -0.1) is 4.40 Å². The fraction of sp³-hybridized carbons (Fsp3) is 0.529. The number of piperidine rings is 1. The van der Waals surface area contributed by atoms with Crippen LogP contribution in [0, 0.1) is 5.92 Å². The van der Waals surface area contributed by atoms with Crippen LogP contribution in [-0.4, -0.2) is 45.4 Å². The highest BCUT2D eigenvalue weighted by Gasteiger charge is 2.27. The van der Waals surface area contributed by atoms with Crippen molar-refractivity contribution < 1.29 is 18.6 Å². The Morgan fingerprint density at radius 3 is 3.08 bits per heavy atom. The van der Waals surface area contributed by atoms with Gasteiger partial charge in [-0.3, -0.25) is 18.6 Å². The molecule has 144 valence electrons. The molecule has 8 nitrogen and oxygen atoms in total. The largest absolute Gasteiger partial charge is 0.492 e. The Kier molecular flexibility index (Phi) is 5.59. The Morgan fingerprint density at radius 2 is 2.31 bits per heavy atom. The summed E-state index contributed by atoms with van der Waals surface area (Å²) in [7, 11) is -3.31. The molecule has 2 heterocycles. The predicted molar refractivity (Wildman–Crippen MR) is 103 cm³/mol. The van der Waals surface area contributed by atoms with Crippen molar-refractivity contribution in [3.05, 3.63) is 23.8 Å². The fourth-order valence-corrected chi connectivity index (χ4v) is 4.24. The Labute approximate surface area is 155 Å². The van der Waals surface area contributed by atoms with E-state index in [-0.39, 0.29) is 17.7 Å². The van der Waals surface area contributed by atoms with Crippen molar-refractivity contribution in [3.63, 3.8) is 0 Å². The molecule has 1 fully saturated rings. The summed E-state index contributed by atoms with van der Waals surface area (Å²) in [6.45, 7) is 4.00. The molecule has 26 heavy (non-hydrogen) atoms. The lowest BCUT2D eigenvalue weighted by Crippen LogP contribution is -2.41. The minimum Gasteiger partial charge on any atom is -0.492 e. The molecule has 1 aromatic rings. The normalized spacial score (nSPS) is 22.7. The van der Waals surface area contributed by atoms with E-state index in [1.165, 1.54) is 0 Å². The number of nitrogens with one attached hydrogen (secondary N) is 1. The molecule has 2 aliphatic heterocycles. The standard InChI is InChI=1S/C17H26N4O4S/c1-2-5-15(22)21-9-4-6-12(10-21)11-25-14-8-3-7-13-16(14)17(18)20-26(23,24)19-13/h3,7-8,12,19,23-24H,2,4-6,9-11H2,1H3,(H2,18,20). The Bertz CT molecular complexity index is 710. The second kappa shape index (κ2) is 7.73. The van der Waals surface area contributed by atoms with Gasteiger partial charge in [0.1, 0.15) is 5.75 Å². The number of hydrogen-bond acceptors (Lipinski definition) is 7. The number of anilines is 1.